The summed E-state index contributed by atoms with van der Waals surface area (Å²) in [5.74, 6) is 0.850. The zero-order chi connectivity index (χ0) is 10.9. The van der Waals surface area contributed by atoms with E-state index in [-0.39, 0.29) is 5.54 Å². The van der Waals surface area contributed by atoms with Gasteiger partial charge in [0.15, 0.2) is 0 Å². The first-order valence-corrected chi connectivity index (χ1v) is 6.24. The molecule has 2 aliphatic rings. The molecule has 2 unspecified atom stereocenters. The lowest BCUT2D eigenvalue weighted by molar-refractivity contribution is 0.0588. The van der Waals surface area contributed by atoms with Gasteiger partial charge in [-0.2, -0.15) is 0 Å². The lowest BCUT2D eigenvalue weighted by atomic mass is 9.88. The number of nitrogens with two attached hydrogens (primary N) is 1. The van der Waals surface area contributed by atoms with Crippen LogP contribution in [0.1, 0.15) is 32.6 Å². The molecule has 3 heteroatoms. The van der Waals surface area contributed by atoms with Gasteiger partial charge >= 0.3 is 0 Å². The first-order valence-electron chi connectivity index (χ1n) is 6.24. The van der Waals surface area contributed by atoms with Crippen molar-refractivity contribution >= 4 is 0 Å². The summed E-state index contributed by atoms with van der Waals surface area (Å²) < 4.78 is 5.44. The maximum atomic E-state index is 6.04. The first-order chi connectivity index (χ1) is 7.26. The van der Waals surface area contributed by atoms with Gasteiger partial charge in [-0.25, -0.2) is 0 Å². The standard InChI is InChI=1S/C12H24N2O/c1-3-12(9-13,10-4-5-10)14-7-6-11(8-14)15-2/h10-11H,3-9,13H2,1-2H3. The highest BCUT2D eigenvalue weighted by atomic mass is 16.5. The van der Waals surface area contributed by atoms with Crippen molar-refractivity contribution in [1.82, 2.24) is 4.90 Å². The van der Waals surface area contributed by atoms with Gasteiger partial charge in [0.05, 0.1) is 6.10 Å². The molecule has 88 valence electrons. The number of hydrogen-bond acceptors (Lipinski definition) is 3. The Hall–Kier alpha value is -0.120. The molecule has 0 radical (unpaired) electrons. The molecule has 0 bridgehead atoms. The third-order valence-electron chi connectivity index (χ3n) is 4.41. The lowest BCUT2D eigenvalue weighted by Gasteiger charge is -2.41. The van der Waals surface area contributed by atoms with Crippen molar-refractivity contribution < 1.29 is 4.74 Å². The van der Waals surface area contributed by atoms with Gasteiger partial charge in [0.2, 0.25) is 0 Å². The minimum Gasteiger partial charge on any atom is -0.380 e. The van der Waals surface area contributed by atoms with Gasteiger partial charge in [-0.15, -0.1) is 0 Å². The van der Waals surface area contributed by atoms with Crippen LogP contribution in [0.15, 0.2) is 0 Å². The molecular weight excluding hydrogens is 188 g/mol. The Morgan fingerprint density at radius 3 is 2.53 bits per heavy atom. The molecule has 1 heterocycles. The summed E-state index contributed by atoms with van der Waals surface area (Å²) in [6, 6.07) is 0. The fourth-order valence-electron chi connectivity index (χ4n) is 3.16. The van der Waals surface area contributed by atoms with Crippen molar-refractivity contribution in [2.75, 3.05) is 26.7 Å². The second-order valence-electron chi connectivity index (χ2n) is 5.03. The zero-order valence-corrected chi connectivity index (χ0v) is 10.0. The van der Waals surface area contributed by atoms with Crippen LogP contribution < -0.4 is 5.73 Å². The van der Waals surface area contributed by atoms with E-state index >= 15 is 0 Å². The van der Waals surface area contributed by atoms with Crippen LogP contribution >= 0.6 is 0 Å². The Morgan fingerprint density at radius 2 is 2.13 bits per heavy atom. The summed E-state index contributed by atoms with van der Waals surface area (Å²) in [6.45, 7) is 5.34. The molecule has 0 aromatic heterocycles. The molecule has 1 saturated heterocycles. The monoisotopic (exact) mass is 212 g/mol. The van der Waals surface area contributed by atoms with E-state index in [1.807, 2.05) is 7.11 Å². The van der Waals surface area contributed by atoms with Crippen LogP contribution in [0, 0.1) is 5.92 Å². The number of nitrogens with zero attached hydrogens (tertiary/aromatic N) is 1. The van der Waals surface area contributed by atoms with E-state index in [1.54, 1.807) is 0 Å². The van der Waals surface area contributed by atoms with E-state index in [4.69, 9.17) is 10.5 Å². The van der Waals surface area contributed by atoms with Gasteiger partial charge in [0.25, 0.3) is 0 Å². The zero-order valence-electron chi connectivity index (χ0n) is 10.0. The minimum absolute atomic E-state index is 0.285. The average Bonchev–Trinajstić information content (AvgIpc) is 3.00. The second-order valence-corrected chi connectivity index (χ2v) is 5.03. The van der Waals surface area contributed by atoms with Crippen LogP contribution in [-0.2, 0) is 4.74 Å². The van der Waals surface area contributed by atoms with E-state index in [1.165, 1.54) is 32.2 Å². The average molecular weight is 212 g/mol. The summed E-state index contributed by atoms with van der Waals surface area (Å²) in [5.41, 5.74) is 6.33. The third-order valence-corrected chi connectivity index (χ3v) is 4.41. The van der Waals surface area contributed by atoms with Crippen molar-refractivity contribution in [3.8, 4) is 0 Å². The molecule has 0 spiro atoms. The molecule has 1 aliphatic carbocycles. The number of ether oxygens (including phenoxy) is 1. The molecule has 0 aromatic carbocycles. The Kier molecular flexibility index (Phi) is 3.33. The molecule has 0 amide bonds. The van der Waals surface area contributed by atoms with Crippen molar-refractivity contribution in [2.24, 2.45) is 11.7 Å². The minimum atomic E-state index is 0.285. The van der Waals surface area contributed by atoms with Crippen LogP contribution in [0.3, 0.4) is 0 Å². The lowest BCUT2D eigenvalue weighted by Crippen LogP contribution is -2.54. The first kappa shape index (κ1) is 11.4. The van der Waals surface area contributed by atoms with Gasteiger partial charge in [-0.3, -0.25) is 4.90 Å². The summed E-state index contributed by atoms with van der Waals surface area (Å²) in [7, 11) is 1.82. The van der Waals surface area contributed by atoms with Gasteiger partial charge in [-0.1, -0.05) is 6.92 Å². The van der Waals surface area contributed by atoms with Gasteiger partial charge in [0.1, 0.15) is 0 Å². The van der Waals surface area contributed by atoms with Crippen LogP contribution in [0.4, 0.5) is 0 Å². The maximum absolute atomic E-state index is 6.04. The highest BCUT2D eigenvalue weighted by molar-refractivity contribution is 5.04. The number of hydrogen-bond donors (Lipinski definition) is 1. The topological polar surface area (TPSA) is 38.5 Å². The molecule has 15 heavy (non-hydrogen) atoms. The van der Waals surface area contributed by atoms with Crippen LogP contribution in [-0.4, -0.2) is 43.3 Å². The molecule has 2 atom stereocenters. The van der Waals surface area contributed by atoms with E-state index in [0.29, 0.717) is 6.10 Å². The Morgan fingerprint density at radius 1 is 1.40 bits per heavy atom. The van der Waals surface area contributed by atoms with Gasteiger partial charge < -0.3 is 10.5 Å². The van der Waals surface area contributed by atoms with Crippen molar-refractivity contribution in [3.63, 3.8) is 0 Å². The predicted octanol–water partition coefficient (Wildman–Crippen LogP) is 1.22. The number of likely N-dealkylation sites (tertiary alicyclic amines) is 1. The number of methoxy groups -OCH3 is 1. The van der Waals surface area contributed by atoms with E-state index in [2.05, 4.69) is 11.8 Å². The third kappa shape index (κ3) is 1.93. The Bertz CT molecular complexity index is 212. The Labute approximate surface area is 93.0 Å². The van der Waals surface area contributed by atoms with Gasteiger partial charge in [-0.05, 0) is 31.6 Å². The highest BCUT2D eigenvalue weighted by Crippen LogP contribution is 2.45. The van der Waals surface area contributed by atoms with E-state index in [9.17, 15) is 0 Å². The summed E-state index contributed by atoms with van der Waals surface area (Å²) in [4.78, 5) is 2.60. The summed E-state index contributed by atoms with van der Waals surface area (Å²) in [6.07, 6.45) is 5.54. The number of rotatable bonds is 5. The van der Waals surface area contributed by atoms with Crippen molar-refractivity contribution in [1.29, 1.82) is 0 Å². The van der Waals surface area contributed by atoms with Crippen LogP contribution in [0.2, 0.25) is 0 Å². The fraction of sp³-hybridized carbons (Fsp3) is 1.00. The van der Waals surface area contributed by atoms with Gasteiger partial charge in [0, 0.05) is 32.3 Å². The van der Waals surface area contributed by atoms with E-state index < -0.39 is 0 Å². The van der Waals surface area contributed by atoms with E-state index in [0.717, 1.165) is 19.0 Å². The predicted molar refractivity (Wildman–Crippen MR) is 61.8 cm³/mol. The maximum Gasteiger partial charge on any atom is 0.0710 e. The smallest absolute Gasteiger partial charge is 0.0710 e. The van der Waals surface area contributed by atoms with Crippen molar-refractivity contribution in [2.45, 2.75) is 44.2 Å². The molecule has 1 aliphatic heterocycles. The Balaban J connectivity index is 2.05. The quantitative estimate of drug-likeness (QED) is 0.745. The van der Waals surface area contributed by atoms with Crippen LogP contribution in [0.25, 0.3) is 0 Å². The largest absolute Gasteiger partial charge is 0.380 e. The highest BCUT2D eigenvalue weighted by Gasteiger charge is 2.48. The molecule has 2 rings (SSSR count). The second kappa shape index (κ2) is 4.40. The normalized spacial score (nSPS) is 31.8. The molecule has 1 saturated carbocycles. The molecule has 0 aromatic rings. The van der Waals surface area contributed by atoms with Crippen molar-refractivity contribution in [3.05, 3.63) is 0 Å². The van der Waals surface area contributed by atoms with Crippen LogP contribution in [0.5, 0.6) is 0 Å². The summed E-state index contributed by atoms with van der Waals surface area (Å²) in [5, 5.41) is 0. The molecule has 2 N–H and O–H groups in total. The SMILES string of the molecule is CCC(CN)(C1CC1)N1CCC(OC)C1. The molecule has 3 nitrogen and oxygen atoms in total. The summed E-state index contributed by atoms with van der Waals surface area (Å²) >= 11 is 0. The molecule has 2 fully saturated rings. The fourth-order valence-corrected chi connectivity index (χ4v) is 3.16. The molecular formula is C12H24N2O.